The monoisotopic (exact) mass is 289 g/mol. The maximum Gasteiger partial charge on any atom is 0.270 e. The number of amides is 2. The molecule has 0 bridgehead atoms. The number of nitrogens with one attached hydrogen (secondary N) is 2. The van der Waals surface area contributed by atoms with Crippen molar-refractivity contribution in [1.29, 1.82) is 0 Å². The molecule has 0 saturated heterocycles. The molecule has 5 heteroatoms. The summed E-state index contributed by atoms with van der Waals surface area (Å²) in [6.07, 6.45) is 5.87. The van der Waals surface area contributed by atoms with Gasteiger partial charge in [-0.3, -0.25) is 14.6 Å². The fourth-order valence-corrected chi connectivity index (χ4v) is 2.44. The van der Waals surface area contributed by atoms with Gasteiger partial charge in [-0.05, 0) is 45.7 Å². The molecule has 0 radical (unpaired) electrons. The summed E-state index contributed by atoms with van der Waals surface area (Å²) in [5.74, 6) is -0.396. The Labute approximate surface area is 125 Å². The number of carbonyl (C=O) groups excluding carboxylic acids is 2. The van der Waals surface area contributed by atoms with Crippen molar-refractivity contribution in [2.24, 2.45) is 0 Å². The zero-order chi connectivity index (χ0) is 15.5. The summed E-state index contributed by atoms with van der Waals surface area (Å²) < 4.78 is 0. The fourth-order valence-electron chi connectivity index (χ4n) is 2.44. The molecule has 1 aromatic rings. The third-order valence-corrected chi connectivity index (χ3v) is 3.43. The second-order valence-corrected chi connectivity index (χ2v) is 6.59. The van der Waals surface area contributed by atoms with Crippen LogP contribution in [-0.2, 0) is 0 Å². The molecule has 21 heavy (non-hydrogen) atoms. The predicted octanol–water partition coefficient (Wildman–Crippen LogP) is 2.28. The van der Waals surface area contributed by atoms with E-state index in [1.54, 1.807) is 12.1 Å². The van der Waals surface area contributed by atoms with Crippen molar-refractivity contribution in [3.63, 3.8) is 0 Å². The molecule has 0 aromatic carbocycles. The Morgan fingerprint density at radius 1 is 1.19 bits per heavy atom. The first-order valence-corrected chi connectivity index (χ1v) is 7.44. The topological polar surface area (TPSA) is 71.1 Å². The first kappa shape index (κ1) is 15.5. The lowest BCUT2D eigenvalue weighted by Gasteiger charge is -2.20. The summed E-state index contributed by atoms with van der Waals surface area (Å²) in [5, 5.41) is 5.85. The first-order valence-electron chi connectivity index (χ1n) is 7.44. The minimum Gasteiger partial charge on any atom is -0.348 e. The van der Waals surface area contributed by atoms with E-state index in [-0.39, 0.29) is 23.4 Å². The summed E-state index contributed by atoms with van der Waals surface area (Å²) in [4.78, 5) is 28.3. The molecule has 0 atom stereocenters. The Morgan fingerprint density at radius 2 is 1.86 bits per heavy atom. The summed E-state index contributed by atoms with van der Waals surface area (Å²) in [6, 6.07) is 3.41. The Balaban J connectivity index is 2.06. The number of pyridine rings is 1. The standard InChI is InChI=1S/C16H23N3O2/c1-16(2,3)19-14(20)11-8-9-17-13(10-11)15(21)18-12-6-4-5-7-12/h8-10,12H,4-7H2,1-3H3,(H,18,21)(H,19,20). The number of carbonyl (C=O) groups is 2. The van der Waals surface area contributed by atoms with Gasteiger partial charge in [-0.1, -0.05) is 12.8 Å². The highest BCUT2D eigenvalue weighted by molar-refractivity contribution is 5.98. The van der Waals surface area contributed by atoms with E-state index in [0.29, 0.717) is 11.3 Å². The van der Waals surface area contributed by atoms with Crippen LogP contribution in [0.1, 0.15) is 67.3 Å². The van der Waals surface area contributed by atoms with Gasteiger partial charge in [0.1, 0.15) is 5.69 Å². The predicted molar refractivity (Wildman–Crippen MR) is 81.2 cm³/mol. The van der Waals surface area contributed by atoms with Crippen LogP contribution in [0.15, 0.2) is 18.3 Å². The lowest BCUT2D eigenvalue weighted by molar-refractivity contribution is 0.0919. The van der Waals surface area contributed by atoms with Crippen LogP contribution in [0.2, 0.25) is 0 Å². The highest BCUT2D eigenvalue weighted by Gasteiger charge is 2.20. The maximum atomic E-state index is 12.2. The van der Waals surface area contributed by atoms with E-state index in [1.165, 1.54) is 6.20 Å². The minimum absolute atomic E-state index is 0.195. The SMILES string of the molecule is CC(C)(C)NC(=O)c1ccnc(C(=O)NC2CCCC2)c1. The zero-order valence-electron chi connectivity index (χ0n) is 12.9. The van der Waals surface area contributed by atoms with E-state index in [1.807, 2.05) is 20.8 Å². The highest BCUT2D eigenvalue weighted by Crippen LogP contribution is 2.18. The van der Waals surface area contributed by atoms with Gasteiger partial charge in [0.2, 0.25) is 0 Å². The molecule has 1 aliphatic rings. The Morgan fingerprint density at radius 3 is 2.48 bits per heavy atom. The molecule has 114 valence electrons. The van der Waals surface area contributed by atoms with Crippen molar-refractivity contribution in [3.8, 4) is 0 Å². The molecule has 2 rings (SSSR count). The van der Waals surface area contributed by atoms with E-state index in [2.05, 4.69) is 15.6 Å². The van der Waals surface area contributed by atoms with Crippen LogP contribution in [0.3, 0.4) is 0 Å². The second kappa shape index (κ2) is 6.24. The van der Waals surface area contributed by atoms with Crippen molar-refractivity contribution in [3.05, 3.63) is 29.6 Å². The molecule has 2 amide bonds. The lowest BCUT2D eigenvalue weighted by atomic mass is 10.1. The fraction of sp³-hybridized carbons (Fsp3) is 0.562. The third kappa shape index (κ3) is 4.55. The van der Waals surface area contributed by atoms with Gasteiger partial charge in [0.15, 0.2) is 0 Å². The van der Waals surface area contributed by atoms with Crippen LogP contribution >= 0.6 is 0 Å². The molecule has 1 aromatic heterocycles. The van der Waals surface area contributed by atoms with Gasteiger partial charge in [-0.15, -0.1) is 0 Å². The molecule has 1 fully saturated rings. The average Bonchev–Trinajstić information content (AvgIpc) is 2.90. The lowest BCUT2D eigenvalue weighted by Crippen LogP contribution is -2.40. The van der Waals surface area contributed by atoms with Crippen LogP contribution in [0, 0.1) is 0 Å². The summed E-state index contributed by atoms with van der Waals surface area (Å²) in [5.41, 5.74) is 0.437. The number of nitrogens with zero attached hydrogens (tertiary/aromatic N) is 1. The van der Waals surface area contributed by atoms with E-state index >= 15 is 0 Å². The number of rotatable bonds is 3. The highest BCUT2D eigenvalue weighted by atomic mass is 16.2. The number of hydrogen-bond donors (Lipinski definition) is 2. The van der Waals surface area contributed by atoms with Crippen molar-refractivity contribution in [2.45, 2.75) is 58.0 Å². The van der Waals surface area contributed by atoms with Gasteiger partial charge in [0.05, 0.1) is 0 Å². The molecule has 1 heterocycles. The minimum atomic E-state index is -0.313. The van der Waals surface area contributed by atoms with Crippen molar-refractivity contribution >= 4 is 11.8 Å². The van der Waals surface area contributed by atoms with Crippen molar-refractivity contribution < 1.29 is 9.59 Å². The summed E-state index contributed by atoms with van der Waals surface area (Å²) in [7, 11) is 0. The molecule has 1 saturated carbocycles. The number of aromatic nitrogens is 1. The van der Waals surface area contributed by atoms with Crippen LogP contribution in [0.5, 0.6) is 0 Å². The molecule has 1 aliphatic carbocycles. The quantitative estimate of drug-likeness (QED) is 0.896. The van der Waals surface area contributed by atoms with E-state index in [0.717, 1.165) is 25.7 Å². The molecule has 5 nitrogen and oxygen atoms in total. The van der Waals surface area contributed by atoms with E-state index < -0.39 is 0 Å². The molecule has 2 N–H and O–H groups in total. The molecular formula is C16H23N3O2. The van der Waals surface area contributed by atoms with Gasteiger partial charge in [0.25, 0.3) is 11.8 Å². The largest absolute Gasteiger partial charge is 0.348 e. The van der Waals surface area contributed by atoms with Gasteiger partial charge in [-0.2, -0.15) is 0 Å². The molecule has 0 aliphatic heterocycles. The maximum absolute atomic E-state index is 12.2. The molecular weight excluding hydrogens is 266 g/mol. The van der Waals surface area contributed by atoms with Gasteiger partial charge < -0.3 is 10.6 Å². The van der Waals surface area contributed by atoms with E-state index in [9.17, 15) is 9.59 Å². The zero-order valence-corrected chi connectivity index (χ0v) is 12.9. The van der Waals surface area contributed by atoms with Gasteiger partial charge >= 0.3 is 0 Å². The number of hydrogen-bond acceptors (Lipinski definition) is 3. The van der Waals surface area contributed by atoms with Crippen LogP contribution in [-0.4, -0.2) is 28.4 Å². The summed E-state index contributed by atoms with van der Waals surface area (Å²) >= 11 is 0. The Kier molecular flexibility index (Phi) is 4.60. The van der Waals surface area contributed by atoms with Crippen molar-refractivity contribution in [2.75, 3.05) is 0 Å². The van der Waals surface area contributed by atoms with E-state index in [4.69, 9.17) is 0 Å². The second-order valence-electron chi connectivity index (χ2n) is 6.59. The normalized spacial score (nSPS) is 15.8. The van der Waals surface area contributed by atoms with Crippen LogP contribution in [0.4, 0.5) is 0 Å². The third-order valence-electron chi connectivity index (χ3n) is 3.43. The Hall–Kier alpha value is -1.91. The first-order chi connectivity index (χ1) is 9.85. The Bertz CT molecular complexity index is 529. The van der Waals surface area contributed by atoms with Crippen molar-refractivity contribution in [1.82, 2.24) is 15.6 Å². The molecule has 0 spiro atoms. The average molecular weight is 289 g/mol. The van der Waals surface area contributed by atoms with Crippen LogP contribution < -0.4 is 10.6 Å². The summed E-state index contributed by atoms with van der Waals surface area (Å²) in [6.45, 7) is 5.75. The van der Waals surface area contributed by atoms with Gasteiger partial charge in [0, 0.05) is 23.3 Å². The van der Waals surface area contributed by atoms with Gasteiger partial charge in [-0.25, -0.2) is 0 Å². The molecule has 0 unspecified atom stereocenters. The van der Waals surface area contributed by atoms with Crippen LogP contribution in [0.25, 0.3) is 0 Å². The smallest absolute Gasteiger partial charge is 0.270 e.